The van der Waals surface area contributed by atoms with Crippen molar-refractivity contribution in [1.82, 2.24) is 0 Å². The summed E-state index contributed by atoms with van der Waals surface area (Å²) in [5.41, 5.74) is 2.93. The summed E-state index contributed by atoms with van der Waals surface area (Å²) in [6.07, 6.45) is 2.11. The first kappa shape index (κ1) is 12.2. The van der Waals surface area contributed by atoms with Crippen LogP contribution in [0, 0.1) is 0 Å². The minimum Gasteiger partial charge on any atom is -0.485 e. The number of benzene rings is 2. The molecule has 0 atom stereocenters. The quantitative estimate of drug-likeness (QED) is 0.731. The smallest absolute Gasteiger partial charge is 0.170 e. The maximum Gasteiger partial charge on any atom is 0.170 e. The van der Waals surface area contributed by atoms with Crippen LogP contribution in [0.25, 0.3) is 0 Å². The number of rotatable bonds is 0. The highest BCUT2D eigenvalue weighted by atomic mass is 79.9. The van der Waals surface area contributed by atoms with Gasteiger partial charge < -0.3 is 4.74 Å². The lowest BCUT2D eigenvalue weighted by atomic mass is 9.87. The largest absolute Gasteiger partial charge is 0.485 e. The molecule has 1 heterocycles. The number of ether oxygens (including phenoxy) is 1. The van der Waals surface area contributed by atoms with Gasteiger partial charge in [0, 0.05) is 17.3 Å². The third-order valence-electron chi connectivity index (χ3n) is 4.20. The van der Waals surface area contributed by atoms with Gasteiger partial charge in [0.2, 0.25) is 0 Å². The van der Waals surface area contributed by atoms with Crippen molar-refractivity contribution in [3.05, 3.63) is 63.6 Å². The molecule has 20 heavy (non-hydrogen) atoms. The van der Waals surface area contributed by atoms with Crippen LogP contribution in [0.3, 0.4) is 0 Å². The first-order chi connectivity index (χ1) is 9.65. The van der Waals surface area contributed by atoms with Gasteiger partial charge >= 0.3 is 0 Å². The molecule has 3 heteroatoms. The number of ketones is 1. The number of hydrogen-bond acceptors (Lipinski definition) is 2. The Morgan fingerprint density at radius 3 is 2.40 bits per heavy atom. The summed E-state index contributed by atoms with van der Waals surface area (Å²) < 4.78 is 7.20. The van der Waals surface area contributed by atoms with E-state index >= 15 is 0 Å². The maximum atomic E-state index is 12.4. The van der Waals surface area contributed by atoms with E-state index in [1.165, 1.54) is 11.1 Å². The predicted octanol–water partition coefficient (Wildman–Crippen LogP) is 3.95. The minimum atomic E-state index is -0.380. The molecule has 0 bridgehead atoms. The summed E-state index contributed by atoms with van der Waals surface area (Å²) in [5, 5.41) is 0. The van der Waals surface area contributed by atoms with Crippen molar-refractivity contribution in [3.8, 4) is 5.75 Å². The van der Waals surface area contributed by atoms with Crippen molar-refractivity contribution in [2.24, 2.45) is 0 Å². The Labute approximate surface area is 125 Å². The van der Waals surface area contributed by atoms with Gasteiger partial charge in [-0.1, -0.05) is 40.2 Å². The highest BCUT2D eigenvalue weighted by Gasteiger charge is 2.44. The molecule has 2 aromatic rings. The molecular weight excluding hydrogens is 316 g/mol. The van der Waals surface area contributed by atoms with Crippen molar-refractivity contribution in [1.29, 1.82) is 0 Å². The van der Waals surface area contributed by atoms with Gasteiger partial charge in [0.15, 0.2) is 5.78 Å². The summed E-state index contributed by atoms with van der Waals surface area (Å²) in [5.74, 6) is 0.898. The molecule has 2 aromatic carbocycles. The molecule has 2 aliphatic rings. The van der Waals surface area contributed by atoms with Crippen LogP contribution < -0.4 is 4.74 Å². The van der Waals surface area contributed by atoms with Crippen LogP contribution in [0.5, 0.6) is 5.75 Å². The van der Waals surface area contributed by atoms with Crippen molar-refractivity contribution < 1.29 is 9.53 Å². The number of hydrogen-bond donors (Lipinski definition) is 0. The Morgan fingerprint density at radius 1 is 1.00 bits per heavy atom. The molecule has 1 aliphatic carbocycles. The van der Waals surface area contributed by atoms with Gasteiger partial charge in [0.1, 0.15) is 11.4 Å². The topological polar surface area (TPSA) is 26.3 Å². The average Bonchev–Trinajstić information content (AvgIpc) is 2.74. The Kier molecular flexibility index (Phi) is 2.55. The molecular formula is C17H13BrO2. The first-order valence-corrected chi connectivity index (χ1v) is 7.53. The highest BCUT2D eigenvalue weighted by molar-refractivity contribution is 9.10. The van der Waals surface area contributed by atoms with E-state index in [0.717, 1.165) is 17.3 Å². The molecule has 4 rings (SSSR count). The monoisotopic (exact) mass is 328 g/mol. The molecule has 0 aromatic heterocycles. The summed E-state index contributed by atoms with van der Waals surface area (Å²) in [4.78, 5) is 12.4. The van der Waals surface area contributed by atoms with E-state index in [1.54, 1.807) is 0 Å². The molecule has 0 N–H and O–H groups in total. The zero-order chi connectivity index (χ0) is 13.7. The molecule has 100 valence electrons. The number of carbonyl (C=O) groups excluding carboxylic acids is 1. The molecule has 0 saturated carbocycles. The number of Topliss-reactive ketones (excluding diaryl/α,β-unsaturated/α-hetero) is 1. The predicted molar refractivity (Wildman–Crippen MR) is 80.3 cm³/mol. The Hall–Kier alpha value is -1.61. The molecule has 0 unspecified atom stereocenters. The van der Waals surface area contributed by atoms with Gasteiger partial charge in [0.25, 0.3) is 0 Å². The fourth-order valence-electron chi connectivity index (χ4n) is 3.32. The number of halogens is 1. The van der Waals surface area contributed by atoms with E-state index in [0.29, 0.717) is 17.7 Å². The van der Waals surface area contributed by atoms with E-state index in [-0.39, 0.29) is 11.4 Å². The first-order valence-electron chi connectivity index (χ1n) is 6.74. The second-order valence-electron chi connectivity index (χ2n) is 5.65. The second kappa shape index (κ2) is 4.19. The Morgan fingerprint density at radius 2 is 1.70 bits per heavy atom. The zero-order valence-electron chi connectivity index (χ0n) is 10.9. The van der Waals surface area contributed by atoms with Crippen molar-refractivity contribution in [2.45, 2.75) is 24.9 Å². The highest BCUT2D eigenvalue weighted by Crippen LogP contribution is 2.42. The third kappa shape index (κ3) is 1.80. The van der Waals surface area contributed by atoms with Crippen LogP contribution in [0.15, 0.2) is 46.9 Å². The molecule has 1 aliphatic heterocycles. The van der Waals surface area contributed by atoms with Crippen molar-refractivity contribution in [2.75, 3.05) is 0 Å². The standard InChI is InChI=1S/C17H13BrO2/c18-13-5-6-14-15(19)10-17(20-16(14)7-13)8-11-3-1-2-4-12(11)9-17/h1-7H,8-10H2. The average molecular weight is 329 g/mol. The van der Waals surface area contributed by atoms with E-state index in [1.807, 2.05) is 30.3 Å². The van der Waals surface area contributed by atoms with Crippen LogP contribution in [-0.2, 0) is 12.8 Å². The van der Waals surface area contributed by atoms with Gasteiger partial charge in [-0.2, -0.15) is 0 Å². The SMILES string of the molecule is O=C1CC2(Cc3ccccc3C2)Oc2cc(Br)ccc21. The third-order valence-corrected chi connectivity index (χ3v) is 4.69. The fourth-order valence-corrected chi connectivity index (χ4v) is 3.66. The van der Waals surface area contributed by atoms with Crippen molar-refractivity contribution >= 4 is 21.7 Å². The minimum absolute atomic E-state index is 0.187. The summed E-state index contributed by atoms with van der Waals surface area (Å²) >= 11 is 3.44. The van der Waals surface area contributed by atoms with Crippen molar-refractivity contribution in [3.63, 3.8) is 0 Å². The summed E-state index contributed by atoms with van der Waals surface area (Å²) in [7, 11) is 0. The van der Waals surface area contributed by atoms with E-state index in [2.05, 4.69) is 28.1 Å². The Balaban J connectivity index is 1.76. The lowest BCUT2D eigenvalue weighted by Gasteiger charge is -2.34. The molecule has 1 spiro atoms. The van der Waals surface area contributed by atoms with Crippen LogP contribution >= 0.6 is 15.9 Å². The van der Waals surface area contributed by atoms with E-state index in [4.69, 9.17) is 4.74 Å². The lowest BCUT2D eigenvalue weighted by Crippen LogP contribution is -2.42. The maximum absolute atomic E-state index is 12.4. The summed E-state index contributed by atoms with van der Waals surface area (Å²) in [6, 6.07) is 14.0. The Bertz CT molecular complexity index is 696. The van der Waals surface area contributed by atoms with Crippen LogP contribution in [-0.4, -0.2) is 11.4 Å². The molecule has 2 nitrogen and oxygen atoms in total. The van der Waals surface area contributed by atoms with Gasteiger partial charge in [-0.15, -0.1) is 0 Å². The van der Waals surface area contributed by atoms with Gasteiger partial charge in [-0.05, 0) is 29.3 Å². The van der Waals surface area contributed by atoms with Crippen LogP contribution in [0.2, 0.25) is 0 Å². The lowest BCUT2D eigenvalue weighted by molar-refractivity contribution is 0.0472. The van der Waals surface area contributed by atoms with E-state index in [9.17, 15) is 4.79 Å². The van der Waals surface area contributed by atoms with Crippen LogP contribution in [0.1, 0.15) is 27.9 Å². The van der Waals surface area contributed by atoms with Gasteiger partial charge in [-0.3, -0.25) is 4.79 Å². The number of fused-ring (bicyclic) bond motifs is 2. The molecule has 0 saturated heterocycles. The normalized spacial score (nSPS) is 18.6. The fraction of sp³-hybridized carbons (Fsp3) is 0.235. The van der Waals surface area contributed by atoms with E-state index < -0.39 is 0 Å². The van der Waals surface area contributed by atoms with Gasteiger partial charge in [0.05, 0.1) is 12.0 Å². The van der Waals surface area contributed by atoms with Crippen LogP contribution in [0.4, 0.5) is 0 Å². The summed E-state index contributed by atoms with van der Waals surface area (Å²) in [6.45, 7) is 0. The molecule has 0 radical (unpaired) electrons. The molecule has 0 amide bonds. The molecule has 0 fully saturated rings. The second-order valence-corrected chi connectivity index (χ2v) is 6.56. The zero-order valence-corrected chi connectivity index (χ0v) is 12.4. The van der Waals surface area contributed by atoms with Gasteiger partial charge in [-0.25, -0.2) is 0 Å². The number of carbonyl (C=O) groups is 1.